The zero-order valence-corrected chi connectivity index (χ0v) is 42.8. The standard InChI is InChI=1S/C50H80N8O16/c1-5-26(2)21-27(3)13-10-8-6-7-9-11-15-37(65)53-32-14-12-20-52-48(72)41-43(67)35(63)25-58(41)50(74)39(34(62)23-36(51)64)55-47(71)40(44(68)42(66)29-16-18-30(60)19-17-29)56-46(70)33-22-31(61)24-57(33)49(73)38(28(4)59)54-45(32)69/h16-19,26-28,31-35,38-44,59-63,66-68H,5-15,20-25H2,1-4H3,(H2,51,64)(H,52,72)(H,53,65)(H,54,69)(H,55,71)(H,56,70)/t26?,27?,28-,31-,32+,33+,34-,35+,38+,39+,40+,41+,42+,43+,44+/m1/s1. The molecule has 8 amide bonds. The summed E-state index contributed by atoms with van der Waals surface area (Å²) < 4.78 is 0. The number of benzene rings is 1. The number of primary amides is 1. The van der Waals surface area contributed by atoms with Crippen molar-refractivity contribution in [2.45, 2.75) is 197 Å². The number of amides is 8. The lowest BCUT2D eigenvalue weighted by molar-refractivity contribution is -0.148. The Hall–Kier alpha value is -5.50. The summed E-state index contributed by atoms with van der Waals surface area (Å²) in [4.78, 5) is 112. The SMILES string of the molecule is CCC(C)CC(C)CCCCCCCCC(=O)N[C@H]1CCCNC(=O)[C@@H]2[C@@H](O)[C@@H](O)CN2C(=O)[C@H]([C@H](O)CC(N)=O)NC(=O)[C@H]([C@H](O)[C@@H](O)c2ccc(O)cc2)NC(=O)[C@@H]2C[C@@H](O)CN2C(=O)[C@H]([C@@H](C)O)NC1=O. The molecule has 3 aliphatic rings. The molecule has 74 heavy (non-hydrogen) atoms. The number of hydrogen-bond acceptors (Lipinski definition) is 16. The number of carbonyl (C=O) groups is 8. The number of aliphatic hydroxyl groups is 7. The van der Waals surface area contributed by atoms with Crippen LogP contribution in [0.3, 0.4) is 0 Å². The van der Waals surface area contributed by atoms with E-state index in [1.54, 1.807) is 0 Å². The number of phenols is 1. The molecule has 0 radical (unpaired) electrons. The second kappa shape index (κ2) is 29.0. The third-order valence-electron chi connectivity index (χ3n) is 14.2. The highest BCUT2D eigenvalue weighted by molar-refractivity contribution is 5.98. The maximum Gasteiger partial charge on any atom is 0.248 e. The molecule has 4 rings (SSSR count). The summed E-state index contributed by atoms with van der Waals surface area (Å²) in [5.41, 5.74) is 5.23. The topological polar surface area (TPSA) is 391 Å². The molecule has 0 bridgehead atoms. The lowest BCUT2D eigenvalue weighted by Crippen LogP contribution is -2.64. The van der Waals surface area contributed by atoms with Gasteiger partial charge >= 0.3 is 0 Å². The van der Waals surface area contributed by atoms with Crippen LogP contribution in [-0.4, -0.2) is 190 Å². The average molecular weight is 1050 g/mol. The highest BCUT2D eigenvalue weighted by atomic mass is 16.3. The molecule has 15 N–H and O–H groups in total. The summed E-state index contributed by atoms with van der Waals surface area (Å²) in [6.45, 7) is 6.37. The van der Waals surface area contributed by atoms with E-state index in [0.29, 0.717) is 23.2 Å². The van der Waals surface area contributed by atoms with Crippen LogP contribution in [0, 0.1) is 11.8 Å². The van der Waals surface area contributed by atoms with Gasteiger partial charge in [0.2, 0.25) is 47.3 Å². The van der Waals surface area contributed by atoms with Crippen LogP contribution in [0.25, 0.3) is 0 Å². The van der Waals surface area contributed by atoms with E-state index < -0.39 is 152 Å². The number of aliphatic hydroxyl groups excluding tert-OH is 7. The maximum atomic E-state index is 14.4. The molecule has 0 spiro atoms. The van der Waals surface area contributed by atoms with Crippen LogP contribution in [0.5, 0.6) is 5.75 Å². The van der Waals surface area contributed by atoms with Gasteiger partial charge in [0.05, 0.1) is 37.4 Å². The Morgan fingerprint density at radius 1 is 0.757 bits per heavy atom. The van der Waals surface area contributed by atoms with Crippen LogP contribution in [0.2, 0.25) is 0 Å². The first-order valence-corrected chi connectivity index (χ1v) is 25.9. The highest BCUT2D eigenvalue weighted by Gasteiger charge is 2.51. The van der Waals surface area contributed by atoms with Gasteiger partial charge in [-0.3, -0.25) is 38.4 Å². The van der Waals surface area contributed by atoms with Gasteiger partial charge in [0.25, 0.3) is 0 Å². The van der Waals surface area contributed by atoms with Gasteiger partial charge in [-0.25, -0.2) is 0 Å². The Labute approximate surface area is 431 Å². The second-order valence-electron chi connectivity index (χ2n) is 20.4. The van der Waals surface area contributed by atoms with Crippen molar-refractivity contribution in [3.05, 3.63) is 29.8 Å². The van der Waals surface area contributed by atoms with E-state index in [9.17, 15) is 79.2 Å². The van der Waals surface area contributed by atoms with Crippen molar-refractivity contribution in [1.82, 2.24) is 36.4 Å². The molecule has 0 aliphatic carbocycles. The van der Waals surface area contributed by atoms with Gasteiger partial charge in [0.1, 0.15) is 60.3 Å². The zero-order valence-electron chi connectivity index (χ0n) is 42.8. The van der Waals surface area contributed by atoms with Gasteiger partial charge in [0, 0.05) is 25.9 Å². The Bertz CT molecular complexity index is 2070. The minimum Gasteiger partial charge on any atom is -0.508 e. The molecule has 24 nitrogen and oxygen atoms in total. The van der Waals surface area contributed by atoms with Crippen molar-refractivity contribution >= 4 is 47.3 Å². The van der Waals surface area contributed by atoms with Crippen molar-refractivity contribution < 1.29 is 79.2 Å². The zero-order chi connectivity index (χ0) is 55.0. The van der Waals surface area contributed by atoms with Crippen molar-refractivity contribution in [3.8, 4) is 5.75 Å². The first kappa shape index (κ1) is 61.1. The molecule has 2 unspecified atom stereocenters. The van der Waals surface area contributed by atoms with E-state index in [1.807, 2.05) is 0 Å². The summed E-state index contributed by atoms with van der Waals surface area (Å²) >= 11 is 0. The number of unbranched alkanes of at least 4 members (excludes halogenated alkanes) is 5. The first-order valence-electron chi connectivity index (χ1n) is 25.9. The predicted molar refractivity (Wildman–Crippen MR) is 264 cm³/mol. The molecular weight excluding hydrogens is 969 g/mol. The van der Waals surface area contributed by atoms with Crippen LogP contribution >= 0.6 is 0 Å². The number of rotatable bonds is 20. The van der Waals surface area contributed by atoms with Crippen LogP contribution in [0.4, 0.5) is 0 Å². The molecule has 3 fully saturated rings. The van der Waals surface area contributed by atoms with E-state index in [0.717, 1.165) is 62.0 Å². The van der Waals surface area contributed by atoms with Crippen LogP contribution in [-0.2, 0) is 38.4 Å². The van der Waals surface area contributed by atoms with Crippen molar-refractivity contribution in [2.24, 2.45) is 17.6 Å². The van der Waals surface area contributed by atoms with Crippen molar-refractivity contribution in [1.29, 1.82) is 0 Å². The minimum atomic E-state index is -2.35. The number of nitrogens with one attached hydrogen (secondary N) is 5. The van der Waals surface area contributed by atoms with E-state index in [-0.39, 0.29) is 37.1 Å². The van der Waals surface area contributed by atoms with Gasteiger partial charge in [-0.05, 0) is 62.1 Å². The normalized spacial score (nSPS) is 28.2. The molecule has 3 heterocycles. The number of hydrogen-bond donors (Lipinski definition) is 14. The highest BCUT2D eigenvalue weighted by Crippen LogP contribution is 2.27. The molecule has 24 heteroatoms. The Kier molecular flexibility index (Phi) is 23.9. The molecular formula is C50H80N8O16. The fourth-order valence-corrected chi connectivity index (χ4v) is 9.76. The lowest BCUT2D eigenvalue weighted by atomic mass is 9.91. The predicted octanol–water partition coefficient (Wildman–Crippen LogP) is -2.66. The molecule has 3 saturated heterocycles. The second-order valence-corrected chi connectivity index (χ2v) is 20.4. The van der Waals surface area contributed by atoms with Crippen molar-refractivity contribution in [3.63, 3.8) is 0 Å². The van der Waals surface area contributed by atoms with Gasteiger partial charge in [-0.1, -0.05) is 77.8 Å². The Morgan fingerprint density at radius 2 is 1.36 bits per heavy atom. The number of phenolic OH excluding ortho intramolecular Hbond substituents is 1. The monoisotopic (exact) mass is 1050 g/mol. The average Bonchev–Trinajstić information content (AvgIpc) is 3.89. The number of nitrogens with zero attached hydrogens (tertiary/aromatic N) is 2. The fourth-order valence-electron chi connectivity index (χ4n) is 9.76. The molecule has 1 aromatic rings. The van der Waals surface area contributed by atoms with E-state index in [2.05, 4.69) is 47.4 Å². The van der Waals surface area contributed by atoms with Gasteiger partial charge in [-0.2, -0.15) is 0 Å². The first-order chi connectivity index (χ1) is 34.9. The smallest absolute Gasteiger partial charge is 0.248 e. The molecule has 0 aromatic heterocycles. The molecule has 15 atom stereocenters. The third kappa shape index (κ3) is 17.3. The summed E-state index contributed by atoms with van der Waals surface area (Å²) in [7, 11) is 0. The van der Waals surface area contributed by atoms with Crippen LogP contribution in [0.1, 0.15) is 129 Å². The van der Waals surface area contributed by atoms with Crippen LogP contribution < -0.4 is 32.3 Å². The Morgan fingerprint density at radius 3 is 2.00 bits per heavy atom. The number of fused-ring (bicyclic) bond motifs is 2. The fraction of sp³-hybridized carbons (Fsp3) is 0.720. The van der Waals surface area contributed by atoms with Gasteiger partial charge < -0.3 is 83.0 Å². The summed E-state index contributed by atoms with van der Waals surface area (Å²) in [5, 5.41) is 99.5. The Balaban J connectivity index is 1.66. The maximum absolute atomic E-state index is 14.4. The number of nitrogens with two attached hydrogens (primary N) is 1. The summed E-state index contributed by atoms with van der Waals surface area (Å²) in [5.74, 6) is -7.73. The molecule has 1 aromatic carbocycles. The van der Waals surface area contributed by atoms with Crippen molar-refractivity contribution in [2.75, 3.05) is 19.6 Å². The quantitative estimate of drug-likeness (QED) is 0.0593. The summed E-state index contributed by atoms with van der Waals surface area (Å²) in [6.07, 6.45) is -6.09. The lowest BCUT2D eigenvalue weighted by Gasteiger charge is -2.34. The molecule has 3 aliphatic heterocycles. The number of aromatic hydroxyl groups is 1. The summed E-state index contributed by atoms with van der Waals surface area (Å²) in [6, 6.07) is -6.71. The van der Waals surface area contributed by atoms with Gasteiger partial charge in [-0.15, -0.1) is 0 Å². The molecule has 0 saturated carbocycles. The van der Waals surface area contributed by atoms with Crippen LogP contribution in [0.15, 0.2) is 24.3 Å². The molecule has 416 valence electrons. The van der Waals surface area contributed by atoms with E-state index >= 15 is 0 Å². The minimum absolute atomic E-state index is 0.0492. The van der Waals surface area contributed by atoms with Gasteiger partial charge in [0.15, 0.2) is 0 Å². The van der Waals surface area contributed by atoms with E-state index in [1.165, 1.54) is 25.5 Å². The number of carbonyl (C=O) groups excluding carboxylic acids is 8. The van der Waals surface area contributed by atoms with E-state index in [4.69, 9.17) is 5.73 Å². The third-order valence-corrected chi connectivity index (χ3v) is 14.2. The largest absolute Gasteiger partial charge is 0.508 e.